The molecule has 1 unspecified atom stereocenters. The van der Waals surface area contributed by atoms with Crippen LogP contribution >= 0.6 is 0 Å². The summed E-state index contributed by atoms with van der Waals surface area (Å²) < 4.78 is 70.9. The molecule has 184 valence electrons. The fourth-order valence-electron chi connectivity index (χ4n) is 3.52. The number of carbonyl (C=O) groups is 2. The molecule has 0 aliphatic carbocycles. The minimum Gasteiger partial charge on any atom is -0.475 e. The van der Waals surface area contributed by atoms with Gasteiger partial charge in [0.1, 0.15) is 0 Å². The summed E-state index contributed by atoms with van der Waals surface area (Å²) in [6.45, 7) is 2.46. The number of hydrogen-bond donors (Lipinski definition) is 2. The first-order valence-electron chi connectivity index (χ1n) is 10.1. The highest BCUT2D eigenvalue weighted by molar-refractivity contribution is 5.77. The fourth-order valence-corrected chi connectivity index (χ4v) is 3.52. The van der Waals surface area contributed by atoms with E-state index in [4.69, 9.17) is 15.6 Å². The molecule has 1 saturated heterocycles. The van der Waals surface area contributed by atoms with Crippen LogP contribution in [-0.4, -0.2) is 58.5 Å². The Morgan fingerprint density at radius 3 is 2.18 bits per heavy atom. The summed E-state index contributed by atoms with van der Waals surface area (Å²) in [6, 6.07) is 7.08. The number of halogens is 6. The number of nitrogens with two attached hydrogens (primary N) is 1. The summed E-state index contributed by atoms with van der Waals surface area (Å²) in [5.74, 6) is -2.95. The lowest BCUT2D eigenvalue weighted by Crippen LogP contribution is -2.44. The van der Waals surface area contributed by atoms with Crippen LogP contribution in [0.15, 0.2) is 34.5 Å². The van der Waals surface area contributed by atoms with Crippen molar-refractivity contribution in [2.75, 3.05) is 6.54 Å². The number of alkyl halides is 6. The molecular weight excluding hydrogens is 458 g/mol. The first kappa shape index (κ1) is 26.6. The largest absolute Gasteiger partial charge is 0.490 e. The third kappa shape index (κ3) is 7.41. The van der Waals surface area contributed by atoms with E-state index in [0.29, 0.717) is 25.8 Å². The molecule has 0 aromatic heterocycles. The topological polar surface area (TPSA) is 108 Å². The Kier molecular flexibility index (Phi) is 8.09. The number of aliphatic carboxylic acids is 1. The Labute approximate surface area is 185 Å². The van der Waals surface area contributed by atoms with Crippen LogP contribution in [-0.2, 0) is 16.0 Å². The fraction of sp³-hybridized carbons (Fsp3) is 0.600. The molecule has 1 aromatic rings. The van der Waals surface area contributed by atoms with Crippen molar-refractivity contribution in [3.8, 4) is 0 Å². The number of carbonyl (C=O) groups excluding carboxylic acids is 1. The number of nitrogens with zero attached hydrogens (tertiary/aromatic N) is 3. The lowest BCUT2D eigenvalue weighted by Gasteiger charge is -2.28. The van der Waals surface area contributed by atoms with E-state index in [9.17, 15) is 31.1 Å². The molecule has 13 heteroatoms. The summed E-state index contributed by atoms with van der Waals surface area (Å²) >= 11 is 0. The van der Waals surface area contributed by atoms with Gasteiger partial charge in [0.15, 0.2) is 0 Å². The summed E-state index contributed by atoms with van der Waals surface area (Å²) in [5.41, 5.74) is 5.99. The summed E-state index contributed by atoms with van der Waals surface area (Å²) in [5, 5.41) is 13.6. The van der Waals surface area contributed by atoms with Crippen molar-refractivity contribution in [1.82, 2.24) is 4.90 Å². The van der Waals surface area contributed by atoms with Crippen molar-refractivity contribution in [2.24, 2.45) is 16.0 Å². The number of aryl methyl sites for hydroxylation is 1. The zero-order valence-corrected chi connectivity index (χ0v) is 17.7. The normalized spacial score (nSPS) is 20.1. The number of amides is 1. The minimum atomic E-state index is -5.08. The van der Waals surface area contributed by atoms with Crippen molar-refractivity contribution in [3.63, 3.8) is 0 Å². The zero-order chi connectivity index (χ0) is 25.0. The second-order valence-electron chi connectivity index (χ2n) is 8.06. The van der Waals surface area contributed by atoms with E-state index in [1.807, 2.05) is 31.2 Å². The maximum absolute atomic E-state index is 13.0. The molecule has 7 nitrogen and oxygen atoms in total. The first-order valence-corrected chi connectivity index (χ1v) is 10.1. The van der Waals surface area contributed by atoms with Gasteiger partial charge in [0, 0.05) is 31.5 Å². The van der Waals surface area contributed by atoms with Crippen LogP contribution in [0.2, 0.25) is 0 Å². The van der Waals surface area contributed by atoms with E-state index in [1.54, 1.807) is 0 Å². The SMILES string of the molecule is Cc1ccc(C[C@@H](N)CC(=O)N2CCCC2CC2(C(F)(F)F)N=N2)cc1.O=C(O)C(F)(F)F. The second-order valence-corrected chi connectivity index (χ2v) is 8.06. The van der Waals surface area contributed by atoms with Crippen molar-refractivity contribution in [1.29, 1.82) is 0 Å². The molecular formula is C20H24F6N4O3. The van der Waals surface area contributed by atoms with Gasteiger partial charge in [-0.05, 0) is 31.7 Å². The highest BCUT2D eigenvalue weighted by atomic mass is 19.4. The van der Waals surface area contributed by atoms with Crippen molar-refractivity contribution < 1.29 is 41.0 Å². The van der Waals surface area contributed by atoms with Crippen LogP contribution in [0.1, 0.15) is 36.8 Å². The van der Waals surface area contributed by atoms with Gasteiger partial charge in [0.2, 0.25) is 5.91 Å². The maximum Gasteiger partial charge on any atom is 0.490 e. The van der Waals surface area contributed by atoms with Gasteiger partial charge in [0.05, 0.1) is 0 Å². The standard InChI is InChI=1S/C18H23F3N4O.C2HF3O2/c1-12-4-6-13(7-5-12)9-14(22)10-16(26)25-8-2-3-15(25)11-17(23-24-17)18(19,20)21;3-2(4,5)1(6)7/h4-7,14-15H,2-3,8-11,22H2,1H3;(H,6,7)/t14-,15?;/m1./s1. The van der Waals surface area contributed by atoms with Crippen LogP contribution in [0.25, 0.3) is 0 Å². The minimum absolute atomic E-state index is 0.123. The van der Waals surface area contributed by atoms with Crippen LogP contribution in [0.3, 0.4) is 0 Å². The molecule has 0 saturated carbocycles. The Balaban J connectivity index is 0.000000479. The van der Waals surface area contributed by atoms with E-state index in [0.717, 1.165) is 11.1 Å². The molecule has 1 amide bonds. The van der Waals surface area contributed by atoms with Crippen molar-refractivity contribution in [3.05, 3.63) is 35.4 Å². The van der Waals surface area contributed by atoms with E-state index in [1.165, 1.54) is 4.90 Å². The quantitative estimate of drug-likeness (QED) is 0.598. The Morgan fingerprint density at radius 1 is 1.18 bits per heavy atom. The van der Waals surface area contributed by atoms with Gasteiger partial charge in [-0.1, -0.05) is 29.8 Å². The van der Waals surface area contributed by atoms with Gasteiger partial charge in [-0.15, -0.1) is 10.2 Å². The maximum atomic E-state index is 13.0. The molecule has 2 aliphatic rings. The van der Waals surface area contributed by atoms with Crippen molar-refractivity contribution >= 4 is 11.9 Å². The Hall–Kier alpha value is -2.70. The van der Waals surface area contributed by atoms with Gasteiger partial charge in [-0.3, -0.25) is 4.79 Å². The average molecular weight is 482 g/mol. The number of carboxylic acids is 1. The van der Waals surface area contributed by atoms with E-state index in [-0.39, 0.29) is 24.8 Å². The molecule has 3 rings (SSSR count). The molecule has 3 N–H and O–H groups in total. The van der Waals surface area contributed by atoms with E-state index < -0.39 is 30.0 Å². The summed E-state index contributed by atoms with van der Waals surface area (Å²) in [7, 11) is 0. The number of carboxylic acid groups (broad SMARTS) is 1. The molecule has 2 heterocycles. The predicted molar refractivity (Wildman–Crippen MR) is 104 cm³/mol. The van der Waals surface area contributed by atoms with Crippen LogP contribution in [0.4, 0.5) is 26.3 Å². The second kappa shape index (κ2) is 10.1. The van der Waals surface area contributed by atoms with Crippen LogP contribution < -0.4 is 5.73 Å². The molecule has 2 aliphatic heterocycles. The molecule has 1 fully saturated rings. The highest BCUT2D eigenvalue weighted by Gasteiger charge is 2.65. The smallest absolute Gasteiger partial charge is 0.475 e. The van der Waals surface area contributed by atoms with Gasteiger partial charge in [-0.25, -0.2) is 4.79 Å². The molecule has 2 atom stereocenters. The molecule has 33 heavy (non-hydrogen) atoms. The van der Waals surface area contributed by atoms with Gasteiger partial charge >= 0.3 is 18.3 Å². The van der Waals surface area contributed by atoms with Crippen molar-refractivity contribution in [2.45, 2.75) is 69.1 Å². The molecule has 0 radical (unpaired) electrons. The van der Waals surface area contributed by atoms with Crippen LogP contribution in [0, 0.1) is 6.92 Å². The molecule has 0 spiro atoms. The lowest BCUT2D eigenvalue weighted by molar-refractivity contribution is -0.192. The van der Waals surface area contributed by atoms with Gasteiger partial charge in [-0.2, -0.15) is 26.3 Å². The average Bonchev–Trinajstić information content (AvgIpc) is 3.33. The third-order valence-electron chi connectivity index (χ3n) is 5.31. The van der Waals surface area contributed by atoms with Gasteiger partial charge < -0.3 is 15.7 Å². The monoisotopic (exact) mass is 482 g/mol. The summed E-state index contributed by atoms with van der Waals surface area (Å²) in [4.78, 5) is 23.0. The predicted octanol–water partition coefficient (Wildman–Crippen LogP) is 3.99. The number of rotatable bonds is 6. The highest BCUT2D eigenvalue weighted by Crippen LogP contribution is 2.49. The van der Waals surface area contributed by atoms with E-state index in [2.05, 4.69) is 10.2 Å². The Morgan fingerprint density at radius 2 is 1.73 bits per heavy atom. The number of likely N-dealkylation sites (tertiary alicyclic amines) is 1. The molecule has 1 aromatic carbocycles. The third-order valence-corrected chi connectivity index (χ3v) is 5.31. The lowest BCUT2D eigenvalue weighted by atomic mass is 10.00. The van der Waals surface area contributed by atoms with Crippen LogP contribution in [0.5, 0.6) is 0 Å². The summed E-state index contributed by atoms with van der Waals surface area (Å²) in [6.07, 6.45) is -7.94. The van der Waals surface area contributed by atoms with Gasteiger partial charge in [0.25, 0.3) is 5.66 Å². The van der Waals surface area contributed by atoms with E-state index >= 15 is 0 Å². The first-order chi connectivity index (χ1) is 15.1. The number of benzene rings is 1. The Bertz CT molecular complexity index is 864. The molecule has 0 bridgehead atoms. The number of hydrogen-bond acceptors (Lipinski definition) is 5. The zero-order valence-electron chi connectivity index (χ0n) is 17.7.